The van der Waals surface area contributed by atoms with Gasteiger partial charge in [-0.2, -0.15) is 0 Å². The third kappa shape index (κ3) is 1.86. The van der Waals surface area contributed by atoms with E-state index in [1.165, 1.54) is 6.92 Å². The molecule has 0 spiro atoms. The predicted molar refractivity (Wildman–Crippen MR) is 52.6 cm³/mol. The van der Waals surface area contributed by atoms with Crippen molar-refractivity contribution in [3.63, 3.8) is 0 Å². The average Bonchev–Trinajstić information content (AvgIpc) is 2.20. The molecule has 1 heterocycles. The van der Waals surface area contributed by atoms with Crippen molar-refractivity contribution in [2.45, 2.75) is 45.2 Å². The number of nitrogens with one attached hydrogen (secondary N) is 1. The fraction of sp³-hybridized carbons (Fsp3) is 0.900. The Hall–Kier alpha value is -0.680. The summed E-state index contributed by atoms with van der Waals surface area (Å²) in [5.41, 5.74) is -1.67. The lowest BCUT2D eigenvalue weighted by Gasteiger charge is -2.45. The summed E-state index contributed by atoms with van der Waals surface area (Å²) in [7, 11) is 0. The summed E-state index contributed by atoms with van der Waals surface area (Å²) in [6, 6.07) is -0.932. The van der Waals surface area contributed by atoms with Gasteiger partial charge in [0.2, 0.25) is 5.91 Å². The van der Waals surface area contributed by atoms with Crippen molar-refractivity contribution in [1.29, 1.82) is 0 Å². The van der Waals surface area contributed by atoms with E-state index in [0.29, 0.717) is 0 Å². The normalized spacial score (nSPS) is 41.8. The van der Waals surface area contributed by atoms with E-state index >= 15 is 0 Å². The number of aliphatic hydroxyl groups excluding tert-OH is 1. The van der Waals surface area contributed by atoms with Gasteiger partial charge in [0.15, 0.2) is 6.29 Å². The molecule has 15 heavy (non-hydrogen) atoms. The van der Waals surface area contributed by atoms with Gasteiger partial charge < -0.3 is 15.5 Å². The lowest BCUT2D eigenvalue weighted by atomic mass is 9.71. The van der Waals surface area contributed by atoms with Crippen LogP contribution in [0.1, 0.15) is 27.2 Å². The van der Waals surface area contributed by atoms with Gasteiger partial charge in [0, 0.05) is 5.92 Å². The molecule has 1 aliphatic rings. The molecule has 4 nitrogen and oxygen atoms in total. The standard InChI is InChI=1S/C10H18FNO3/c1-4-10(11)5(2)7(9(14)15)12-8(13)6(10)3/h5-7,9,14-15H,4H2,1-3H3,(H,12,13). The van der Waals surface area contributed by atoms with E-state index in [1.54, 1.807) is 13.8 Å². The van der Waals surface area contributed by atoms with Crippen LogP contribution in [-0.2, 0) is 4.79 Å². The number of amides is 1. The molecule has 1 fully saturated rings. The van der Waals surface area contributed by atoms with Crippen LogP contribution in [0.2, 0.25) is 0 Å². The number of hydrogen-bond donors (Lipinski definition) is 3. The maximum absolute atomic E-state index is 14.5. The van der Waals surface area contributed by atoms with Crippen molar-refractivity contribution in [3.05, 3.63) is 0 Å². The van der Waals surface area contributed by atoms with E-state index in [1.807, 2.05) is 0 Å². The van der Waals surface area contributed by atoms with E-state index < -0.39 is 35.7 Å². The molecule has 1 aliphatic heterocycles. The van der Waals surface area contributed by atoms with Gasteiger partial charge in [-0.3, -0.25) is 4.79 Å². The molecule has 0 radical (unpaired) electrons. The zero-order valence-electron chi connectivity index (χ0n) is 9.20. The molecule has 0 aromatic heterocycles. The van der Waals surface area contributed by atoms with Crippen LogP contribution >= 0.6 is 0 Å². The molecule has 1 amide bonds. The first-order chi connectivity index (χ1) is 6.84. The first-order valence-electron chi connectivity index (χ1n) is 5.20. The second-order valence-corrected chi connectivity index (χ2v) is 4.24. The van der Waals surface area contributed by atoms with Gasteiger partial charge in [-0.25, -0.2) is 4.39 Å². The Morgan fingerprint density at radius 2 is 2.07 bits per heavy atom. The summed E-state index contributed by atoms with van der Waals surface area (Å²) in [6.07, 6.45) is -1.54. The van der Waals surface area contributed by atoms with E-state index in [0.717, 1.165) is 0 Å². The second-order valence-electron chi connectivity index (χ2n) is 4.24. The number of hydrogen-bond acceptors (Lipinski definition) is 3. The smallest absolute Gasteiger partial charge is 0.226 e. The topological polar surface area (TPSA) is 69.6 Å². The van der Waals surface area contributed by atoms with Gasteiger partial charge in [-0.1, -0.05) is 20.8 Å². The molecule has 3 N–H and O–H groups in total. The quantitative estimate of drug-likeness (QED) is 0.580. The van der Waals surface area contributed by atoms with Crippen molar-refractivity contribution < 1.29 is 19.4 Å². The van der Waals surface area contributed by atoms with Crippen molar-refractivity contribution in [2.75, 3.05) is 0 Å². The molecule has 1 saturated heterocycles. The number of rotatable bonds is 2. The number of halogens is 1. The summed E-state index contributed by atoms with van der Waals surface area (Å²) in [5.74, 6) is -1.83. The molecule has 4 atom stereocenters. The van der Waals surface area contributed by atoms with Crippen LogP contribution in [0.15, 0.2) is 0 Å². The van der Waals surface area contributed by atoms with Crippen LogP contribution in [-0.4, -0.2) is 34.1 Å². The molecule has 0 saturated carbocycles. The van der Waals surface area contributed by atoms with Crippen LogP contribution < -0.4 is 5.32 Å². The fourth-order valence-corrected chi connectivity index (χ4v) is 2.29. The second kappa shape index (κ2) is 4.06. The molecule has 5 heteroatoms. The van der Waals surface area contributed by atoms with Gasteiger partial charge in [0.1, 0.15) is 5.67 Å². The van der Waals surface area contributed by atoms with Crippen LogP contribution in [0.25, 0.3) is 0 Å². The highest BCUT2D eigenvalue weighted by atomic mass is 19.1. The zero-order valence-corrected chi connectivity index (χ0v) is 9.20. The summed E-state index contributed by atoms with van der Waals surface area (Å²) < 4.78 is 14.5. The van der Waals surface area contributed by atoms with Gasteiger partial charge in [-0.05, 0) is 6.42 Å². The zero-order chi connectivity index (χ0) is 11.8. The Labute approximate surface area is 88.5 Å². The minimum absolute atomic E-state index is 0.186. The number of aliphatic hydroxyl groups is 2. The minimum atomic E-state index is -1.72. The van der Waals surface area contributed by atoms with E-state index in [9.17, 15) is 9.18 Å². The number of alkyl halides is 1. The summed E-state index contributed by atoms with van der Waals surface area (Å²) in [6.45, 7) is 4.77. The van der Waals surface area contributed by atoms with E-state index in [4.69, 9.17) is 10.2 Å². The first kappa shape index (κ1) is 12.4. The largest absolute Gasteiger partial charge is 0.366 e. The van der Waals surface area contributed by atoms with Crippen LogP contribution in [0, 0.1) is 11.8 Å². The van der Waals surface area contributed by atoms with E-state index in [-0.39, 0.29) is 6.42 Å². The average molecular weight is 219 g/mol. The molecule has 0 bridgehead atoms. The molecular formula is C10H18FNO3. The lowest BCUT2D eigenvalue weighted by molar-refractivity contribution is -0.158. The highest BCUT2D eigenvalue weighted by molar-refractivity contribution is 5.81. The number of piperidine rings is 1. The van der Waals surface area contributed by atoms with Crippen LogP contribution in [0.3, 0.4) is 0 Å². The van der Waals surface area contributed by atoms with Crippen molar-refractivity contribution >= 4 is 5.91 Å². The molecule has 88 valence electrons. The van der Waals surface area contributed by atoms with Crippen molar-refractivity contribution in [3.8, 4) is 0 Å². The van der Waals surface area contributed by atoms with Crippen LogP contribution in [0.5, 0.6) is 0 Å². The van der Waals surface area contributed by atoms with Gasteiger partial charge in [0.25, 0.3) is 0 Å². The van der Waals surface area contributed by atoms with Gasteiger partial charge in [-0.15, -0.1) is 0 Å². The summed E-state index contributed by atoms with van der Waals surface area (Å²) >= 11 is 0. The fourth-order valence-electron chi connectivity index (χ4n) is 2.29. The van der Waals surface area contributed by atoms with Crippen molar-refractivity contribution in [1.82, 2.24) is 5.32 Å². The molecule has 0 aromatic rings. The SMILES string of the molecule is CCC1(F)C(C)C(=O)NC(C(O)O)C1C. The number of carbonyl (C=O) groups is 1. The molecule has 0 aromatic carbocycles. The molecule has 4 unspecified atom stereocenters. The first-order valence-corrected chi connectivity index (χ1v) is 5.20. The van der Waals surface area contributed by atoms with Gasteiger partial charge in [0.05, 0.1) is 12.0 Å². The Kier molecular flexibility index (Phi) is 3.35. The Morgan fingerprint density at radius 3 is 2.47 bits per heavy atom. The molecule has 1 rings (SSSR count). The third-order valence-corrected chi connectivity index (χ3v) is 3.58. The maximum Gasteiger partial charge on any atom is 0.226 e. The van der Waals surface area contributed by atoms with Crippen molar-refractivity contribution in [2.24, 2.45) is 11.8 Å². The number of carbonyl (C=O) groups excluding carboxylic acids is 1. The molecular weight excluding hydrogens is 201 g/mol. The lowest BCUT2D eigenvalue weighted by Crippen LogP contribution is -2.63. The van der Waals surface area contributed by atoms with Gasteiger partial charge >= 0.3 is 0 Å². The highest BCUT2D eigenvalue weighted by Crippen LogP contribution is 2.39. The van der Waals surface area contributed by atoms with E-state index in [2.05, 4.69) is 5.32 Å². The highest BCUT2D eigenvalue weighted by Gasteiger charge is 2.52. The Bertz CT molecular complexity index is 259. The molecule has 0 aliphatic carbocycles. The monoisotopic (exact) mass is 219 g/mol. The summed E-state index contributed by atoms with van der Waals surface area (Å²) in [4.78, 5) is 11.5. The minimum Gasteiger partial charge on any atom is -0.366 e. The summed E-state index contributed by atoms with van der Waals surface area (Å²) in [5, 5.41) is 20.5. The van der Waals surface area contributed by atoms with Crippen LogP contribution in [0.4, 0.5) is 4.39 Å². The Balaban J connectivity index is 2.99. The maximum atomic E-state index is 14.5. The Morgan fingerprint density at radius 1 is 1.53 bits per heavy atom. The third-order valence-electron chi connectivity index (χ3n) is 3.58. The predicted octanol–water partition coefficient (Wildman–Crippen LogP) is 0.186.